The number of carboxylic acid groups (broad SMARTS) is 1. The normalized spacial score (nSPS) is 14.4. The molecule has 142 valence electrons. The maximum atomic E-state index is 12.6. The number of Topliss-reactive ketones (excluding diaryl/α,β-unsaturated/α-hetero) is 1. The van der Waals surface area contributed by atoms with Gasteiger partial charge < -0.3 is 19.6 Å². The lowest BCUT2D eigenvalue weighted by molar-refractivity contribution is -0.139. The van der Waals surface area contributed by atoms with E-state index in [0.717, 1.165) is 0 Å². The van der Waals surface area contributed by atoms with E-state index in [1.54, 1.807) is 6.92 Å². The summed E-state index contributed by atoms with van der Waals surface area (Å²) in [6, 6.07) is 3.11. The molecule has 0 radical (unpaired) electrons. The molecular formula is C19H18ClNO6. The van der Waals surface area contributed by atoms with E-state index in [4.69, 9.17) is 20.8 Å². The van der Waals surface area contributed by atoms with Crippen LogP contribution in [0.4, 0.5) is 0 Å². The second kappa shape index (κ2) is 7.44. The zero-order chi connectivity index (χ0) is 19.7. The van der Waals surface area contributed by atoms with Crippen molar-refractivity contribution in [1.29, 1.82) is 0 Å². The van der Waals surface area contributed by atoms with E-state index in [-0.39, 0.29) is 22.1 Å². The van der Waals surface area contributed by atoms with Gasteiger partial charge in [-0.05, 0) is 31.0 Å². The van der Waals surface area contributed by atoms with Gasteiger partial charge in [0, 0.05) is 18.4 Å². The molecule has 0 spiro atoms. The molecule has 1 unspecified atom stereocenters. The SMILES string of the molecule is COc1ccc(C(NC(=O)c2oc3c(c2C)C(=O)CCC3)C(=O)O)cc1Cl. The molecule has 1 aliphatic carbocycles. The Morgan fingerprint density at radius 2 is 2.07 bits per heavy atom. The molecule has 1 heterocycles. The van der Waals surface area contributed by atoms with Gasteiger partial charge in [-0.2, -0.15) is 0 Å². The van der Waals surface area contributed by atoms with Crippen molar-refractivity contribution < 1.29 is 28.6 Å². The van der Waals surface area contributed by atoms with Gasteiger partial charge in [-0.25, -0.2) is 4.79 Å². The van der Waals surface area contributed by atoms with Gasteiger partial charge in [-0.1, -0.05) is 17.7 Å². The van der Waals surface area contributed by atoms with E-state index >= 15 is 0 Å². The molecule has 0 aliphatic heterocycles. The van der Waals surface area contributed by atoms with Crippen LogP contribution in [0.5, 0.6) is 5.75 Å². The second-order valence-corrected chi connectivity index (χ2v) is 6.68. The number of hydrogen-bond acceptors (Lipinski definition) is 5. The van der Waals surface area contributed by atoms with E-state index < -0.39 is 17.9 Å². The van der Waals surface area contributed by atoms with Crippen molar-refractivity contribution in [3.63, 3.8) is 0 Å². The third kappa shape index (κ3) is 3.55. The average Bonchev–Trinajstić information content (AvgIpc) is 2.97. The van der Waals surface area contributed by atoms with Gasteiger partial charge in [-0.3, -0.25) is 9.59 Å². The lowest BCUT2D eigenvalue weighted by Crippen LogP contribution is -2.34. The van der Waals surface area contributed by atoms with Crippen molar-refractivity contribution in [1.82, 2.24) is 5.32 Å². The third-order valence-corrected chi connectivity index (χ3v) is 4.84. The van der Waals surface area contributed by atoms with E-state index in [0.29, 0.717) is 41.9 Å². The van der Waals surface area contributed by atoms with Crippen LogP contribution in [0.1, 0.15) is 56.7 Å². The minimum absolute atomic E-state index is 0.0406. The van der Waals surface area contributed by atoms with Gasteiger partial charge in [0.1, 0.15) is 11.5 Å². The molecule has 0 saturated heterocycles. The Morgan fingerprint density at radius 3 is 2.67 bits per heavy atom. The quantitative estimate of drug-likeness (QED) is 0.809. The van der Waals surface area contributed by atoms with Gasteiger partial charge in [0.15, 0.2) is 17.6 Å². The fraction of sp³-hybridized carbons (Fsp3) is 0.316. The fourth-order valence-corrected chi connectivity index (χ4v) is 3.48. The molecule has 8 heteroatoms. The first kappa shape index (κ1) is 19.0. The molecule has 2 aromatic rings. The lowest BCUT2D eigenvalue weighted by atomic mass is 9.94. The Balaban J connectivity index is 1.90. The van der Waals surface area contributed by atoms with Gasteiger partial charge in [0.2, 0.25) is 0 Å². The summed E-state index contributed by atoms with van der Waals surface area (Å²) < 4.78 is 10.6. The Labute approximate surface area is 160 Å². The molecule has 0 fully saturated rings. The first-order valence-electron chi connectivity index (χ1n) is 8.36. The molecular weight excluding hydrogens is 374 g/mol. The smallest absolute Gasteiger partial charge is 0.330 e. The summed E-state index contributed by atoms with van der Waals surface area (Å²) >= 11 is 6.06. The molecule has 1 atom stereocenters. The van der Waals surface area contributed by atoms with Gasteiger partial charge in [-0.15, -0.1) is 0 Å². The highest BCUT2D eigenvalue weighted by Gasteiger charge is 2.31. The Kier molecular flexibility index (Phi) is 5.23. The molecule has 1 aromatic carbocycles. The monoisotopic (exact) mass is 391 g/mol. The predicted octanol–water partition coefficient (Wildman–Crippen LogP) is 3.32. The summed E-state index contributed by atoms with van der Waals surface area (Å²) in [6.45, 7) is 1.63. The highest BCUT2D eigenvalue weighted by atomic mass is 35.5. The zero-order valence-electron chi connectivity index (χ0n) is 14.8. The van der Waals surface area contributed by atoms with Crippen molar-refractivity contribution in [2.75, 3.05) is 7.11 Å². The van der Waals surface area contributed by atoms with Gasteiger partial charge in [0.05, 0.1) is 17.7 Å². The van der Waals surface area contributed by atoms with Crippen molar-refractivity contribution in [3.05, 3.63) is 51.4 Å². The number of halogens is 1. The number of fused-ring (bicyclic) bond motifs is 1. The van der Waals surface area contributed by atoms with E-state index in [2.05, 4.69) is 5.32 Å². The van der Waals surface area contributed by atoms with Crippen LogP contribution in [0.25, 0.3) is 0 Å². The van der Waals surface area contributed by atoms with Gasteiger partial charge >= 0.3 is 5.97 Å². The summed E-state index contributed by atoms with van der Waals surface area (Å²) in [5.41, 5.74) is 1.15. The fourth-order valence-electron chi connectivity index (χ4n) is 3.21. The minimum Gasteiger partial charge on any atom is -0.495 e. The number of nitrogens with one attached hydrogen (secondary N) is 1. The molecule has 27 heavy (non-hydrogen) atoms. The van der Waals surface area contributed by atoms with Crippen LogP contribution in [0, 0.1) is 6.92 Å². The number of ketones is 1. The standard InChI is InChI=1S/C19H18ClNO6/c1-9-15-12(22)4-3-5-14(15)27-17(9)18(23)21-16(19(24)25)10-6-7-13(26-2)11(20)8-10/h6-8,16H,3-5H2,1-2H3,(H,21,23)(H,24,25). The zero-order valence-corrected chi connectivity index (χ0v) is 15.6. The number of benzene rings is 1. The average molecular weight is 392 g/mol. The summed E-state index contributed by atoms with van der Waals surface area (Å²) in [4.78, 5) is 36.4. The number of carbonyl (C=O) groups excluding carboxylic acids is 2. The first-order chi connectivity index (χ1) is 12.8. The van der Waals surface area contributed by atoms with Crippen molar-refractivity contribution in [3.8, 4) is 5.75 Å². The largest absolute Gasteiger partial charge is 0.495 e. The highest BCUT2D eigenvalue weighted by Crippen LogP contribution is 2.31. The van der Waals surface area contributed by atoms with Crippen molar-refractivity contribution in [2.45, 2.75) is 32.2 Å². The maximum absolute atomic E-state index is 12.6. The number of ether oxygens (including phenoxy) is 1. The van der Waals surface area contributed by atoms with Crippen LogP contribution in [-0.2, 0) is 11.2 Å². The molecule has 1 aliphatic rings. The van der Waals surface area contributed by atoms with Crippen LogP contribution < -0.4 is 10.1 Å². The number of aryl methyl sites for hydroxylation is 1. The van der Waals surface area contributed by atoms with E-state index in [9.17, 15) is 19.5 Å². The third-order valence-electron chi connectivity index (χ3n) is 4.54. The van der Waals surface area contributed by atoms with E-state index in [1.807, 2.05) is 0 Å². The number of amides is 1. The highest BCUT2D eigenvalue weighted by molar-refractivity contribution is 6.32. The number of rotatable bonds is 5. The van der Waals surface area contributed by atoms with Crippen molar-refractivity contribution in [2.24, 2.45) is 0 Å². The topological polar surface area (TPSA) is 106 Å². The number of carbonyl (C=O) groups is 3. The Hall–Kier alpha value is -2.80. The summed E-state index contributed by atoms with van der Waals surface area (Å²) in [6.07, 6.45) is 1.66. The Bertz CT molecular complexity index is 933. The summed E-state index contributed by atoms with van der Waals surface area (Å²) in [7, 11) is 1.44. The first-order valence-corrected chi connectivity index (χ1v) is 8.73. The number of furan rings is 1. The van der Waals surface area contributed by atoms with Crippen LogP contribution in [0.15, 0.2) is 22.6 Å². The molecule has 0 bridgehead atoms. The molecule has 7 nitrogen and oxygen atoms in total. The predicted molar refractivity (Wildman–Crippen MR) is 96.6 cm³/mol. The Morgan fingerprint density at radius 1 is 1.33 bits per heavy atom. The minimum atomic E-state index is -1.34. The van der Waals surface area contributed by atoms with Crippen LogP contribution in [0.2, 0.25) is 5.02 Å². The second-order valence-electron chi connectivity index (χ2n) is 6.27. The van der Waals surface area contributed by atoms with Crippen molar-refractivity contribution >= 4 is 29.3 Å². The molecule has 1 amide bonds. The number of hydrogen-bond donors (Lipinski definition) is 2. The van der Waals surface area contributed by atoms with Crippen LogP contribution in [0.3, 0.4) is 0 Å². The lowest BCUT2D eigenvalue weighted by Gasteiger charge is -2.15. The summed E-state index contributed by atoms with van der Waals surface area (Å²) in [5, 5.41) is 12.2. The molecule has 2 N–H and O–H groups in total. The van der Waals surface area contributed by atoms with E-state index in [1.165, 1.54) is 25.3 Å². The summed E-state index contributed by atoms with van der Waals surface area (Å²) in [5.74, 6) is -1.18. The van der Waals surface area contributed by atoms with Gasteiger partial charge in [0.25, 0.3) is 5.91 Å². The number of methoxy groups -OCH3 is 1. The molecule has 3 rings (SSSR count). The maximum Gasteiger partial charge on any atom is 0.330 e. The van der Waals surface area contributed by atoms with Crippen LogP contribution >= 0.6 is 11.6 Å². The number of carboxylic acids is 1. The number of aliphatic carboxylic acids is 1. The molecule has 1 aromatic heterocycles. The van der Waals surface area contributed by atoms with Crippen LogP contribution in [-0.4, -0.2) is 29.9 Å². The molecule has 0 saturated carbocycles.